The number of hydrazine groups is 1. The second-order valence-corrected chi connectivity index (χ2v) is 8.10. The molecule has 0 radical (unpaired) electrons. The van der Waals surface area contributed by atoms with E-state index in [4.69, 9.17) is 15.6 Å². The molecule has 0 saturated heterocycles. The van der Waals surface area contributed by atoms with Gasteiger partial charge in [-0.3, -0.25) is 20.4 Å². The number of ether oxygens (including phenoxy) is 1. The summed E-state index contributed by atoms with van der Waals surface area (Å²) < 4.78 is 37.4. The molecule has 3 rings (SSSR count). The number of para-hydroxylation sites is 1. The van der Waals surface area contributed by atoms with E-state index in [1.807, 2.05) is 18.2 Å². The Hall–Kier alpha value is -4.07. The van der Waals surface area contributed by atoms with Crippen LogP contribution in [0.1, 0.15) is 26.7 Å². The molecule has 0 unspecified atom stereocenters. The van der Waals surface area contributed by atoms with E-state index < -0.39 is 21.8 Å². The molecule has 10 heteroatoms. The van der Waals surface area contributed by atoms with Crippen LogP contribution in [0.2, 0.25) is 0 Å². The van der Waals surface area contributed by atoms with E-state index in [9.17, 15) is 18.0 Å². The Morgan fingerprint density at radius 3 is 2.47 bits per heavy atom. The predicted molar refractivity (Wildman–Crippen MR) is 115 cm³/mol. The van der Waals surface area contributed by atoms with Crippen LogP contribution < -0.4 is 20.3 Å². The van der Waals surface area contributed by atoms with E-state index in [-0.39, 0.29) is 29.4 Å². The molecule has 0 saturated carbocycles. The van der Waals surface area contributed by atoms with Crippen LogP contribution in [0.5, 0.6) is 5.75 Å². The van der Waals surface area contributed by atoms with Crippen LogP contribution in [0.25, 0.3) is 0 Å². The smallest absolute Gasteiger partial charge is 0.305 e. The van der Waals surface area contributed by atoms with Gasteiger partial charge in [0.05, 0.1) is 11.4 Å². The average Bonchev–Trinajstić information content (AvgIpc) is 3.30. The fraction of sp³-hybridized carbons (Fsp3) is 0.0909. The first-order valence-electron chi connectivity index (χ1n) is 9.29. The van der Waals surface area contributed by atoms with E-state index >= 15 is 0 Å². The summed E-state index contributed by atoms with van der Waals surface area (Å²) in [7, 11) is -3.86. The van der Waals surface area contributed by atoms with Gasteiger partial charge >= 0.3 is 5.91 Å². The van der Waals surface area contributed by atoms with Crippen LogP contribution in [-0.2, 0) is 16.6 Å². The average molecular weight is 453 g/mol. The molecule has 0 atom stereocenters. The third kappa shape index (κ3) is 5.98. The van der Waals surface area contributed by atoms with Gasteiger partial charge in [0.15, 0.2) is 5.76 Å². The van der Waals surface area contributed by atoms with Gasteiger partial charge in [-0.2, -0.15) is 4.72 Å². The molecule has 0 aliphatic heterocycles. The molecule has 3 N–H and O–H groups in total. The molecule has 32 heavy (non-hydrogen) atoms. The predicted octanol–water partition coefficient (Wildman–Crippen LogP) is 1.84. The van der Waals surface area contributed by atoms with Crippen molar-refractivity contribution in [1.82, 2.24) is 15.6 Å². The van der Waals surface area contributed by atoms with Gasteiger partial charge in [0.25, 0.3) is 5.91 Å². The van der Waals surface area contributed by atoms with E-state index in [1.54, 1.807) is 18.2 Å². The molecule has 0 aliphatic rings. The van der Waals surface area contributed by atoms with Crippen molar-refractivity contribution in [2.45, 2.75) is 11.5 Å². The third-order valence-electron chi connectivity index (χ3n) is 4.07. The van der Waals surface area contributed by atoms with Crippen molar-refractivity contribution in [3.05, 3.63) is 83.8 Å². The molecular weight excluding hydrogens is 434 g/mol. The Kier molecular flexibility index (Phi) is 7.28. The van der Waals surface area contributed by atoms with Crippen LogP contribution in [0.15, 0.2) is 76.0 Å². The second-order valence-electron chi connectivity index (χ2n) is 6.33. The third-order valence-corrected chi connectivity index (χ3v) is 5.47. The highest BCUT2D eigenvalue weighted by Crippen LogP contribution is 2.14. The first-order valence-corrected chi connectivity index (χ1v) is 10.8. The Bertz CT molecular complexity index is 1250. The normalized spacial score (nSPS) is 10.7. The molecule has 0 spiro atoms. The number of rotatable bonds is 8. The van der Waals surface area contributed by atoms with Crippen molar-refractivity contribution in [1.29, 1.82) is 0 Å². The molecule has 2 amide bonds. The number of carbonyl (C=O) groups excluding carboxylic acids is 2. The van der Waals surface area contributed by atoms with Crippen LogP contribution in [0, 0.1) is 12.3 Å². The molecule has 0 fully saturated rings. The van der Waals surface area contributed by atoms with Gasteiger partial charge in [0.1, 0.15) is 18.1 Å². The topological polar surface area (TPSA) is 127 Å². The van der Waals surface area contributed by atoms with Crippen LogP contribution in [-0.4, -0.2) is 26.8 Å². The highest BCUT2D eigenvalue weighted by molar-refractivity contribution is 7.89. The highest BCUT2D eigenvalue weighted by atomic mass is 32.2. The van der Waals surface area contributed by atoms with Crippen LogP contribution in [0.4, 0.5) is 0 Å². The molecule has 0 bridgehead atoms. The SMILES string of the molecule is C#CCNS(=O)(=O)c1cccc(C(=O)NNC(=O)c2ccc(COc3ccccc3)o2)c1. The zero-order valence-electron chi connectivity index (χ0n) is 16.7. The number of carbonyl (C=O) groups is 2. The fourth-order valence-electron chi connectivity index (χ4n) is 2.52. The maximum atomic E-state index is 12.3. The summed E-state index contributed by atoms with van der Waals surface area (Å²) in [5, 5.41) is 0. The summed E-state index contributed by atoms with van der Waals surface area (Å²) >= 11 is 0. The van der Waals surface area contributed by atoms with E-state index in [0.717, 1.165) is 6.07 Å². The number of benzene rings is 2. The monoisotopic (exact) mass is 453 g/mol. The number of nitrogens with one attached hydrogen (secondary N) is 3. The largest absolute Gasteiger partial charge is 0.486 e. The van der Waals surface area contributed by atoms with Crippen LogP contribution in [0.3, 0.4) is 0 Å². The molecule has 0 aliphatic carbocycles. The van der Waals surface area contributed by atoms with Crippen molar-refractivity contribution < 1.29 is 27.2 Å². The fourth-order valence-corrected chi connectivity index (χ4v) is 3.50. The van der Waals surface area contributed by atoms with Crippen molar-refractivity contribution in [3.8, 4) is 18.1 Å². The minimum Gasteiger partial charge on any atom is -0.486 e. The zero-order chi connectivity index (χ0) is 23.0. The van der Waals surface area contributed by atoms with Gasteiger partial charge in [-0.1, -0.05) is 30.2 Å². The van der Waals surface area contributed by atoms with Crippen molar-refractivity contribution in [2.75, 3.05) is 6.54 Å². The highest BCUT2D eigenvalue weighted by Gasteiger charge is 2.17. The van der Waals surface area contributed by atoms with Gasteiger partial charge in [-0.15, -0.1) is 6.42 Å². The Balaban J connectivity index is 1.56. The maximum absolute atomic E-state index is 12.3. The number of sulfonamides is 1. The summed E-state index contributed by atoms with van der Waals surface area (Å²) in [6, 6.07) is 17.4. The number of terminal acetylenes is 1. The van der Waals surface area contributed by atoms with Crippen LogP contribution >= 0.6 is 0 Å². The summed E-state index contributed by atoms with van der Waals surface area (Å²) in [6.07, 6.45) is 5.06. The lowest BCUT2D eigenvalue weighted by atomic mass is 10.2. The summed E-state index contributed by atoms with van der Waals surface area (Å²) in [4.78, 5) is 24.4. The minimum absolute atomic E-state index is 0.0188. The Morgan fingerprint density at radius 1 is 0.969 bits per heavy atom. The number of hydrogen-bond acceptors (Lipinski definition) is 6. The van der Waals surface area contributed by atoms with Crippen molar-refractivity contribution in [2.24, 2.45) is 0 Å². The molecule has 3 aromatic rings. The lowest BCUT2D eigenvalue weighted by Crippen LogP contribution is -2.41. The Morgan fingerprint density at radius 2 is 1.72 bits per heavy atom. The zero-order valence-corrected chi connectivity index (χ0v) is 17.5. The summed E-state index contributed by atoms with van der Waals surface area (Å²) in [5.74, 6) is 1.79. The Labute approximate surface area is 184 Å². The lowest BCUT2D eigenvalue weighted by Gasteiger charge is -2.08. The first-order chi connectivity index (χ1) is 15.4. The summed E-state index contributed by atoms with van der Waals surface area (Å²) in [6.45, 7) is -0.0605. The molecule has 164 valence electrons. The lowest BCUT2D eigenvalue weighted by molar-refractivity contribution is 0.0828. The summed E-state index contributed by atoms with van der Waals surface area (Å²) in [5.41, 5.74) is 4.44. The number of hydrogen-bond donors (Lipinski definition) is 3. The van der Waals surface area contributed by atoms with Gasteiger partial charge in [0, 0.05) is 5.56 Å². The van der Waals surface area contributed by atoms with E-state index in [0.29, 0.717) is 11.5 Å². The minimum atomic E-state index is -3.86. The molecule has 2 aromatic carbocycles. The standard InChI is InChI=1S/C22H19N3O6S/c1-2-13-23-32(28,29)19-10-6-7-16(14-19)21(26)24-25-22(27)20-12-11-18(31-20)15-30-17-8-4-3-5-9-17/h1,3-12,14,23H,13,15H2,(H,24,26)(H,25,27). The van der Waals surface area contributed by atoms with E-state index in [2.05, 4.69) is 21.5 Å². The van der Waals surface area contributed by atoms with Gasteiger partial charge in [0.2, 0.25) is 10.0 Å². The van der Waals surface area contributed by atoms with Crippen molar-refractivity contribution >= 4 is 21.8 Å². The van der Waals surface area contributed by atoms with Gasteiger partial charge < -0.3 is 9.15 Å². The molecule has 9 nitrogen and oxygen atoms in total. The second kappa shape index (κ2) is 10.3. The molecule has 1 heterocycles. The maximum Gasteiger partial charge on any atom is 0.305 e. The first kappa shape index (κ1) is 22.6. The number of amides is 2. The van der Waals surface area contributed by atoms with Gasteiger partial charge in [-0.25, -0.2) is 8.42 Å². The quantitative estimate of drug-likeness (QED) is 0.353. The molecule has 1 aromatic heterocycles. The van der Waals surface area contributed by atoms with Crippen molar-refractivity contribution in [3.63, 3.8) is 0 Å². The molecular formula is C22H19N3O6S. The van der Waals surface area contributed by atoms with Gasteiger partial charge in [-0.05, 0) is 42.5 Å². The van der Waals surface area contributed by atoms with E-state index in [1.165, 1.54) is 24.3 Å². The number of furan rings is 1.